The van der Waals surface area contributed by atoms with Crippen LogP contribution < -0.4 is 5.32 Å². The molecule has 30 heavy (non-hydrogen) atoms. The van der Waals surface area contributed by atoms with Gasteiger partial charge in [-0.2, -0.15) is 0 Å². The first-order valence-electron chi connectivity index (χ1n) is 8.61. The summed E-state index contributed by atoms with van der Waals surface area (Å²) in [6.45, 7) is 1.75. The number of ether oxygens (including phenoxy) is 1. The normalized spacial score (nSPS) is 10.5. The lowest BCUT2D eigenvalue weighted by atomic mass is 10.0. The summed E-state index contributed by atoms with van der Waals surface area (Å²) in [5.74, 6) is -1.82. The second kappa shape index (κ2) is 9.02. The van der Waals surface area contributed by atoms with Gasteiger partial charge in [-0.15, -0.1) is 11.3 Å². The Kier molecular flexibility index (Phi) is 6.43. The SMILES string of the molecule is CCOC(=O)c1c(-c2ccc(F)cc2)csc1NC(=O)c1cc([N+](=O)[O-])ccc1Cl. The maximum Gasteiger partial charge on any atom is 0.341 e. The molecule has 154 valence electrons. The van der Waals surface area contributed by atoms with Crippen LogP contribution in [0, 0.1) is 15.9 Å². The molecule has 0 bridgehead atoms. The zero-order valence-electron chi connectivity index (χ0n) is 15.5. The van der Waals surface area contributed by atoms with E-state index in [1.165, 1.54) is 36.4 Å². The summed E-state index contributed by atoms with van der Waals surface area (Å²) >= 11 is 7.09. The lowest BCUT2D eigenvalue weighted by molar-refractivity contribution is -0.384. The molecule has 0 aliphatic rings. The minimum absolute atomic E-state index is 0.0195. The van der Waals surface area contributed by atoms with Crippen LogP contribution in [0.25, 0.3) is 11.1 Å². The molecule has 0 aliphatic heterocycles. The predicted octanol–water partition coefficient (Wildman–Crippen LogP) is 5.54. The lowest BCUT2D eigenvalue weighted by Gasteiger charge is -2.09. The van der Waals surface area contributed by atoms with Crippen molar-refractivity contribution in [2.24, 2.45) is 0 Å². The third-order valence-corrected chi connectivity index (χ3v) is 5.28. The Bertz CT molecular complexity index is 1130. The average molecular weight is 449 g/mol. The summed E-state index contributed by atoms with van der Waals surface area (Å²) in [4.78, 5) is 35.6. The Morgan fingerprint density at radius 1 is 1.23 bits per heavy atom. The largest absolute Gasteiger partial charge is 0.462 e. The zero-order chi connectivity index (χ0) is 21.8. The molecule has 0 radical (unpaired) electrons. The van der Waals surface area contributed by atoms with Crippen molar-refractivity contribution in [3.63, 3.8) is 0 Å². The Morgan fingerprint density at radius 2 is 1.93 bits per heavy atom. The van der Waals surface area contributed by atoms with Crippen molar-refractivity contribution < 1.29 is 23.6 Å². The molecular formula is C20H14ClFN2O5S. The molecule has 10 heteroatoms. The standard InChI is InChI=1S/C20H14ClFN2O5S/c1-2-29-20(26)17-15(11-3-5-12(22)6-4-11)10-30-19(17)23-18(25)14-9-13(24(27)28)7-8-16(14)21/h3-10H,2H2,1H3,(H,23,25). The molecule has 7 nitrogen and oxygen atoms in total. The van der Waals surface area contributed by atoms with E-state index in [1.54, 1.807) is 12.3 Å². The Labute approximate surface area is 179 Å². The zero-order valence-corrected chi connectivity index (χ0v) is 17.1. The van der Waals surface area contributed by atoms with Gasteiger partial charge in [0.1, 0.15) is 16.4 Å². The van der Waals surface area contributed by atoms with Crippen molar-refractivity contribution >= 4 is 45.5 Å². The van der Waals surface area contributed by atoms with Crippen molar-refractivity contribution in [1.82, 2.24) is 0 Å². The fourth-order valence-corrected chi connectivity index (χ4v) is 3.82. The van der Waals surface area contributed by atoms with Gasteiger partial charge in [0.05, 0.1) is 22.1 Å². The van der Waals surface area contributed by atoms with Gasteiger partial charge in [-0.1, -0.05) is 23.7 Å². The number of amides is 1. The van der Waals surface area contributed by atoms with E-state index in [4.69, 9.17) is 16.3 Å². The number of non-ortho nitro benzene ring substituents is 1. The van der Waals surface area contributed by atoms with Gasteiger partial charge in [-0.05, 0) is 30.7 Å². The van der Waals surface area contributed by atoms with Crippen LogP contribution in [0.1, 0.15) is 27.6 Å². The van der Waals surface area contributed by atoms with E-state index >= 15 is 0 Å². The molecule has 0 spiro atoms. The van der Waals surface area contributed by atoms with Crippen LogP contribution in [0.5, 0.6) is 0 Å². The van der Waals surface area contributed by atoms with Gasteiger partial charge in [0.2, 0.25) is 0 Å². The summed E-state index contributed by atoms with van der Waals surface area (Å²) in [5, 5.41) is 15.4. The van der Waals surface area contributed by atoms with E-state index in [-0.39, 0.29) is 33.4 Å². The van der Waals surface area contributed by atoms with Crippen LogP contribution >= 0.6 is 22.9 Å². The lowest BCUT2D eigenvalue weighted by Crippen LogP contribution is -2.15. The number of anilines is 1. The van der Waals surface area contributed by atoms with E-state index in [9.17, 15) is 24.1 Å². The number of thiophene rings is 1. The second-order valence-corrected chi connectivity index (χ2v) is 7.24. The van der Waals surface area contributed by atoms with Crippen LogP contribution in [0.3, 0.4) is 0 Å². The minimum Gasteiger partial charge on any atom is -0.462 e. The number of nitrogens with zero attached hydrogens (tertiary/aromatic N) is 1. The maximum atomic E-state index is 13.3. The number of esters is 1. The molecule has 2 aromatic carbocycles. The van der Waals surface area contributed by atoms with Crippen molar-refractivity contribution in [3.05, 3.63) is 79.9 Å². The van der Waals surface area contributed by atoms with Crippen LogP contribution in [-0.2, 0) is 4.74 Å². The number of carbonyl (C=O) groups is 2. The smallest absolute Gasteiger partial charge is 0.341 e. The monoisotopic (exact) mass is 448 g/mol. The molecule has 0 fully saturated rings. The summed E-state index contributed by atoms with van der Waals surface area (Å²) < 4.78 is 18.4. The average Bonchev–Trinajstić information content (AvgIpc) is 3.12. The molecule has 0 atom stereocenters. The number of hydrogen-bond donors (Lipinski definition) is 1. The number of nitrogens with one attached hydrogen (secondary N) is 1. The molecule has 0 aliphatic carbocycles. The van der Waals surface area contributed by atoms with E-state index in [0.717, 1.165) is 17.4 Å². The highest BCUT2D eigenvalue weighted by Crippen LogP contribution is 2.37. The number of rotatable bonds is 6. The van der Waals surface area contributed by atoms with Gasteiger partial charge < -0.3 is 10.1 Å². The van der Waals surface area contributed by atoms with Crippen LogP contribution in [0.15, 0.2) is 47.8 Å². The predicted molar refractivity (Wildman–Crippen MR) is 112 cm³/mol. The Hall–Kier alpha value is -3.30. The van der Waals surface area contributed by atoms with E-state index in [0.29, 0.717) is 11.1 Å². The minimum atomic E-state index is -0.721. The second-order valence-electron chi connectivity index (χ2n) is 5.96. The van der Waals surface area contributed by atoms with Gasteiger partial charge in [-0.3, -0.25) is 14.9 Å². The number of benzene rings is 2. The third kappa shape index (κ3) is 4.47. The van der Waals surface area contributed by atoms with Crippen molar-refractivity contribution in [1.29, 1.82) is 0 Å². The molecule has 0 saturated carbocycles. The number of nitro groups is 1. The highest BCUT2D eigenvalue weighted by Gasteiger charge is 2.24. The molecular weight excluding hydrogens is 435 g/mol. The molecule has 3 aromatic rings. The first kappa shape index (κ1) is 21.4. The van der Waals surface area contributed by atoms with Gasteiger partial charge in [0.25, 0.3) is 11.6 Å². The summed E-state index contributed by atoms with van der Waals surface area (Å²) in [6, 6.07) is 8.99. The Balaban J connectivity index is 2.01. The summed E-state index contributed by atoms with van der Waals surface area (Å²) in [6.07, 6.45) is 0. The quantitative estimate of drug-likeness (QED) is 0.303. The van der Waals surface area contributed by atoms with Gasteiger partial charge >= 0.3 is 5.97 Å². The van der Waals surface area contributed by atoms with Crippen LogP contribution in [0.2, 0.25) is 5.02 Å². The summed E-state index contributed by atoms with van der Waals surface area (Å²) in [5.41, 5.74) is 0.706. The van der Waals surface area contributed by atoms with Gasteiger partial charge in [0, 0.05) is 23.1 Å². The first-order valence-corrected chi connectivity index (χ1v) is 9.87. The summed E-state index contributed by atoms with van der Waals surface area (Å²) in [7, 11) is 0. The first-order chi connectivity index (χ1) is 14.3. The fourth-order valence-electron chi connectivity index (χ4n) is 2.67. The van der Waals surface area contributed by atoms with E-state index in [2.05, 4.69) is 5.32 Å². The van der Waals surface area contributed by atoms with Gasteiger partial charge in [0.15, 0.2) is 0 Å². The van der Waals surface area contributed by atoms with Crippen molar-refractivity contribution in [2.75, 3.05) is 11.9 Å². The molecule has 1 heterocycles. The highest BCUT2D eigenvalue weighted by atomic mass is 35.5. The maximum absolute atomic E-state index is 13.3. The van der Waals surface area contributed by atoms with Crippen molar-refractivity contribution in [2.45, 2.75) is 6.92 Å². The third-order valence-electron chi connectivity index (χ3n) is 4.06. The van der Waals surface area contributed by atoms with E-state index in [1.807, 2.05) is 0 Å². The fraction of sp³-hybridized carbons (Fsp3) is 0.100. The number of hydrogen-bond acceptors (Lipinski definition) is 6. The Morgan fingerprint density at radius 3 is 2.57 bits per heavy atom. The molecule has 0 saturated heterocycles. The van der Waals surface area contributed by atoms with Crippen LogP contribution in [0.4, 0.5) is 15.1 Å². The molecule has 3 rings (SSSR count). The molecule has 1 amide bonds. The van der Waals surface area contributed by atoms with E-state index < -0.39 is 22.6 Å². The number of nitro benzene ring substituents is 1. The molecule has 1 aromatic heterocycles. The number of halogens is 2. The van der Waals surface area contributed by atoms with Crippen molar-refractivity contribution in [3.8, 4) is 11.1 Å². The molecule has 0 unspecified atom stereocenters. The highest BCUT2D eigenvalue weighted by molar-refractivity contribution is 7.15. The number of carbonyl (C=O) groups excluding carboxylic acids is 2. The van der Waals surface area contributed by atoms with Gasteiger partial charge in [-0.25, -0.2) is 9.18 Å². The molecule has 1 N–H and O–H groups in total. The topological polar surface area (TPSA) is 98.5 Å². The van der Waals surface area contributed by atoms with Crippen LogP contribution in [-0.4, -0.2) is 23.4 Å².